The van der Waals surface area contributed by atoms with Gasteiger partial charge in [-0.15, -0.1) is 22.7 Å². The van der Waals surface area contributed by atoms with Gasteiger partial charge in [0.1, 0.15) is 0 Å². The summed E-state index contributed by atoms with van der Waals surface area (Å²) in [4.78, 5) is 5.00. The Balaban J connectivity index is 0.996. The average Bonchev–Trinajstić information content (AvgIpc) is 3.96. The van der Waals surface area contributed by atoms with Crippen molar-refractivity contribution in [3.63, 3.8) is 0 Å². The van der Waals surface area contributed by atoms with Gasteiger partial charge >= 0.3 is 0 Å². The van der Waals surface area contributed by atoms with E-state index in [2.05, 4.69) is 258 Å². The summed E-state index contributed by atoms with van der Waals surface area (Å²) in [6, 6.07) is 76.0. The van der Waals surface area contributed by atoms with E-state index in [9.17, 15) is 0 Å². The average molecular weight is 937 g/mol. The molecule has 2 nitrogen and oxygen atoms in total. The van der Waals surface area contributed by atoms with E-state index in [4.69, 9.17) is 0 Å². The second-order valence-corrected chi connectivity index (χ2v) is 20.8. The first-order valence-corrected chi connectivity index (χ1v) is 25.8. The number of anilines is 6. The normalized spacial score (nSPS) is 11.6. The summed E-state index contributed by atoms with van der Waals surface area (Å²) in [6.45, 7) is 13.6. The molecule has 0 aliphatic carbocycles. The van der Waals surface area contributed by atoms with Crippen molar-refractivity contribution in [3.05, 3.63) is 240 Å². The quantitative estimate of drug-likeness (QED) is 0.142. The predicted molar refractivity (Wildman–Crippen MR) is 306 cm³/mol. The number of rotatable bonds is 9. The third kappa shape index (κ3) is 7.29. The lowest BCUT2D eigenvalue weighted by molar-refractivity contribution is 1.22. The van der Waals surface area contributed by atoms with Gasteiger partial charge in [0.2, 0.25) is 0 Å². The summed E-state index contributed by atoms with van der Waals surface area (Å²) in [7, 11) is 0. The molecular formula is C66H52N2S2. The molecule has 2 aromatic heterocycles. The van der Waals surface area contributed by atoms with Gasteiger partial charge in [0.05, 0.1) is 20.8 Å². The molecule has 0 saturated carbocycles. The number of benzene rings is 10. The predicted octanol–water partition coefficient (Wildman–Crippen LogP) is 20.2. The number of hydrogen-bond acceptors (Lipinski definition) is 4. The Kier molecular flexibility index (Phi) is 11.0. The van der Waals surface area contributed by atoms with Gasteiger partial charge in [-0.1, -0.05) is 158 Å². The molecule has 0 unspecified atom stereocenters. The van der Waals surface area contributed by atoms with E-state index in [1.165, 1.54) is 130 Å². The van der Waals surface area contributed by atoms with Crippen LogP contribution in [0.25, 0.3) is 73.7 Å². The molecule has 0 bridgehead atoms. The Morgan fingerprint density at radius 1 is 0.271 bits per heavy atom. The first-order valence-electron chi connectivity index (χ1n) is 24.2. The fraction of sp³-hybridized carbons (Fsp3) is 0.0909. The van der Waals surface area contributed by atoms with E-state index in [0.717, 1.165) is 11.4 Å². The molecule has 2 heterocycles. The SMILES string of the molecule is Cc1ccccc1N(c1cc(C)c(-c2c(C)cc(N(c3ccccc3C)c3cccc4c3sc3c(-c5ccccc5)cccc34)cc2C)c(C)c1)c1cccc2c1sc1c(-c3ccccc3)cccc12. The first kappa shape index (κ1) is 43.5. The molecular weight excluding hydrogens is 885 g/mol. The summed E-state index contributed by atoms with van der Waals surface area (Å²) >= 11 is 3.81. The highest BCUT2D eigenvalue weighted by Gasteiger charge is 2.25. The molecule has 0 saturated heterocycles. The smallest absolute Gasteiger partial charge is 0.0640 e. The van der Waals surface area contributed by atoms with Crippen molar-refractivity contribution in [1.82, 2.24) is 0 Å². The highest BCUT2D eigenvalue weighted by atomic mass is 32.1. The van der Waals surface area contributed by atoms with E-state index in [1.54, 1.807) is 0 Å². The van der Waals surface area contributed by atoms with Crippen molar-refractivity contribution in [3.8, 4) is 33.4 Å². The van der Waals surface area contributed by atoms with Crippen LogP contribution in [0.15, 0.2) is 206 Å². The molecule has 0 amide bonds. The molecule has 0 N–H and O–H groups in total. The van der Waals surface area contributed by atoms with Gasteiger partial charge in [-0.2, -0.15) is 0 Å². The maximum absolute atomic E-state index is 2.50. The second-order valence-electron chi connectivity index (χ2n) is 18.8. The van der Waals surface area contributed by atoms with Gasteiger partial charge in [0.25, 0.3) is 0 Å². The van der Waals surface area contributed by atoms with E-state index in [-0.39, 0.29) is 0 Å². The van der Waals surface area contributed by atoms with Crippen molar-refractivity contribution < 1.29 is 0 Å². The maximum atomic E-state index is 2.50. The zero-order valence-corrected chi connectivity index (χ0v) is 42.0. The Morgan fingerprint density at radius 3 is 0.957 bits per heavy atom. The van der Waals surface area contributed by atoms with Crippen LogP contribution in [0.4, 0.5) is 34.1 Å². The van der Waals surface area contributed by atoms with Crippen LogP contribution in [0.3, 0.4) is 0 Å². The Bertz CT molecular complexity index is 3670. The molecule has 4 heteroatoms. The number of thiophene rings is 2. The Hall–Kier alpha value is -7.76. The lowest BCUT2D eigenvalue weighted by Gasteiger charge is -2.30. The summed E-state index contributed by atoms with van der Waals surface area (Å²) < 4.78 is 5.20. The van der Waals surface area contributed by atoms with Crippen LogP contribution >= 0.6 is 22.7 Å². The topological polar surface area (TPSA) is 6.48 Å². The zero-order chi connectivity index (χ0) is 47.6. The summed E-state index contributed by atoms with van der Waals surface area (Å²) in [6.07, 6.45) is 0. The first-order chi connectivity index (χ1) is 34.2. The molecule has 70 heavy (non-hydrogen) atoms. The summed E-state index contributed by atoms with van der Waals surface area (Å²) in [5.41, 5.74) is 22.2. The van der Waals surface area contributed by atoms with Crippen molar-refractivity contribution in [1.29, 1.82) is 0 Å². The lowest BCUT2D eigenvalue weighted by atomic mass is 9.88. The molecule has 0 aliphatic rings. The van der Waals surface area contributed by atoms with Crippen LogP contribution in [0.1, 0.15) is 33.4 Å². The van der Waals surface area contributed by atoms with E-state index in [0.29, 0.717) is 0 Å². The monoisotopic (exact) mass is 936 g/mol. The van der Waals surface area contributed by atoms with Crippen molar-refractivity contribution in [2.75, 3.05) is 9.80 Å². The Morgan fingerprint density at radius 2 is 0.586 bits per heavy atom. The summed E-state index contributed by atoms with van der Waals surface area (Å²) in [5.74, 6) is 0. The standard InChI is InChI=1S/C66H52N2S2/c1-41-21-13-15-33-57(41)67(59-35-19-31-55-53-29-17-27-51(63(53)69-65(55)59)47-23-9-7-10-24-47)49-37-43(3)61(44(4)38-49)62-45(5)39-50(40-46(62)6)68(58-34-16-14-22-42(58)2)60-36-20-32-56-54-30-18-28-52(64(54)70-66(56)60)48-25-11-8-12-26-48/h7-40H,1-6H3. The molecule has 0 atom stereocenters. The minimum absolute atomic E-state index is 1.16. The molecule has 0 radical (unpaired) electrons. The molecule has 12 rings (SSSR count). The van der Waals surface area contributed by atoms with Crippen LogP contribution < -0.4 is 9.80 Å². The second kappa shape index (κ2) is 17.6. The van der Waals surface area contributed by atoms with Gasteiger partial charge in [0.15, 0.2) is 0 Å². The van der Waals surface area contributed by atoms with Crippen molar-refractivity contribution in [2.24, 2.45) is 0 Å². The number of fused-ring (bicyclic) bond motifs is 6. The number of hydrogen-bond donors (Lipinski definition) is 0. The van der Waals surface area contributed by atoms with Crippen molar-refractivity contribution >= 4 is 97.1 Å². The molecule has 0 fully saturated rings. The van der Waals surface area contributed by atoms with Crippen molar-refractivity contribution in [2.45, 2.75) is 41.5 Å². The highest BCUT2D eigenvalue weighted by Crippen LogP contribution is 2.51. The number of para-hydroxylation sites is 2. The van der Waals surface area contributed by atoms with E-state index in [1.807, 2.05) is 22.7 Å². The zero-order valence-electron chi connectivity index (χ0n) is 40.3. The highest BCUT2D eigenvalue weighted by molar-refractivity contribution is 7.27. The third-order valence-corrected chi connectivity index (χ3v) is 16.7. The minimum Gasteiger partial charge on any atom is -0.309 e. The Labute approximate surface area is 419 Å². The van der Waals surface area contributed by atoms with Crippen LogP contribution in [-0.4, -0.2) is 0 Å². The third-order valence-electron chi connectivity index (χ3n) is 14.2. The van der Waals surface area contributed by atoms with Crippen LogP contribution in [-0.2, 0) is 0 Å². The molecule has 10 aromatic carbocycles. The fourth-order valence-electron chi connectivity index (χ4n) is 11.0. The maximum Gasteiger partial charge on any atom is 0.0640 e. The molecule has 12 aromatic rings. The van der Waals surface area contributed by atoms with Gasteiger partial charge in [0, 0.05) is 53.7 Å². The van der Waals surface area contributed by atoms with Gasteiger partial charge < -0.3 is 9.80 Å². The van der Waals surface area contributed by atoms with Gasteiger partial charge in [-0.3, -0.25) is 0 Å². The summed E-state index contributed by atoms with van der Waals surface area (Å²) in [5, 5.41) is 5.16. The lowest BCUT2D eigenvalue weighted by Crippen LogP contribution is -2.13. The van der Waals surface area contributed by atoms with E-state index >= 15 is 0 Å². The van der Waals surface area contributed by atoms with Crippen LogP contribution in [0, 0.1) is 41.5 Å². The van der Waals surface area contributed by atoms with E-state index < -0.39 is 0 Å². The molecule has 338 valence electrons. The molecule has 0 spiro atoms. The van der Waals surface area contributed by atoms with Gasteiger partial charge in [-0.25, -0.2) is 0 Å². The van der Waals surface area contributed by atoms with Crippen LogP contribution in [0.2, 0.25) is 0 Å². The fourth-order valence-corrected chi connectivity index (χ4v) is 13.7. The van der Waals surface area contributed by atoms with Crippen LogP contribution in [0.5, 0.6) is 0 Å². The molecule has 0 aliphatic heterocycles. The number of aryl methyl sites for hydroxylation is 6. The minimum atomic E-state index is 1.16. The number of nitrogens with zero attached hydrogens (tertiary/aromatic N) is 2. The largest absolute Gasteiger partial charge is 0.309 e. The van der Waals surface area contributed by atoms with Gasteiger partial charge in [-0.05, 0) is 157 Å².